The van der Waals surface area contributed by atoms with Crippen molar-refractivity contribution in [3.63, 3.8) is 0 Å². The number of anilines is 5. The van der Waals surface area contributed by atoms with Gasteiger partial charge in [0.05, 0.1) is 0 Å². The lowest BCUT2D eigenvalue weighted by molar-refractivity contribution is 0.869. The van der Waals surface area contributed by atoms with Crippen LogP contribution in [0.3, 0.4) is 0 Å². The Morgan fingerprint density at radius 3 is 1.65 bits per heavy atom. The van der Waals surface area contributed by atoms with Crippen LogP contribution in [0.2, 0.25) is 0 Å². The number of para-hydroxylation sites is 1. The van der Waals surface area contributed by atoms with Gasteiger partial charge in [-0.2, -0.15) is 15.0 Å². The van der Waals surface area contributed by atoms with Crippen LogP contribution in [-0.4, -0.2) is 21.0 Å². The second-order valence-corrected chi connectivity index (χ2v) is 7.58. The molecule has 4 aromatic rings. The molecule has 0 atom stereocenters. The fraction of sp³-hybridized carbons (Fsp3) is 0.160. The first-order valence-corrected chi connectivity index (χ1v) is 10.4. The average molecular weight is 411 g/mol. The van der Waals surface area contributed by atoms with Gasteiger partial charge in [0.2, 0.25) is 17.8 Å². The van der Waals surface area contributed by atoms with Gasteiger partial charge in [-0.25, -0.2) is 0 Å². The average Bonchev–Trinajstić information content (AvgIpc) is 2.76. The van der Waals surface area contributed by atoms with Gasteiger partial charge >= 0.3 is 0 Å². The summed E-state index contributed by atoms with van der Waals surface area (Å²) < 4.78 is 0. The van der Waals surface area contributed by atoms with Crippen molar-refractivity contribution in [2.75, 3.05) is 16.0 Å². The minimum atomic E-state index is 0.206. The molecule has 0 unspecified atom stereocenters. The maximum atomic E-state index is 4.54. The molecule has 0 fully saturated rings. The maximum absolute atomic E-state index is 4.54. The summed E-state index contributed by atoms with van der Waals surface area (Å²) in [5.41, 5.74) is 4.38. The summed E-state index contributed by atoms with van der Waals surface area (Å²) in [7, 11) is 0. The predicted octanol–water partition coefficient (Wildman–Crippen LogP) is 5.77. The van der Waals surface area contributed by atoms with Crippen LogP contribution in [0.25, 0.3) is 0 Å². The number of hydrogen-bond donors (Lipinski definition) is 3. The molecular formula is C25H26N6. The first-order valence-electron chi connectivity index (χ1n) is 10.4. The van der Waals surface area contributed by atoms with Crippen molar-refractivity contribution in [3.8, 4) is 0 Å². The van der Waals surface area contributed by atoms with E-state index in [1.165, 1.54) is 11.1 Å². The minimum Gasteiger partial charge on any atom is -0.352 e. The molecule has 3 N–H and O–H groups in total. The summed E-state index contributed by atoms with van der Waals surface area (Å²) in [5, 5.41) is 9.78. The van der Waals surface area contributed by atoms with Crippen LogP contribution >= 0.6 is 0 Å². The number of benzene rings is 3. The van der Waals surface area contributed by atoms with Gasteiger partial charge < -0.3 is 16.0 Å². The molecule has 6 heteroatoms. The summed E-state index contributed by atoms with van der Waals surface area (Å²) in [6, 6.07) is 28.8. The van der Waals surface area contributed by atoms with Crippen molar-refractivity contribution in [1.82, 2.24) is 15.0 Å². The van der Waals surface area contributed by atoms with E-state index in [-0.39, 0.29) is 6.04 Å². The molecule has 0 saturated carbocycles. The molecule has 0 amide bonds. The Balaban J connectivity index is 1.51. The van der Waals surface area contributed by atoms with E-state index in [4.69, 9.17) is 0 Å². The standard InChI is InChI=1S/C25H26N6/c1-18(2)26-23-29-24(27-21-11-7-4-8-12-21)31-25(30-23)28-22-15-13-20(14-16-22)17-19-9-5-3-6-10-19/h3-16,18H,17H2,1-2H3,(H3,26,27,28,29,30,31). The first kappa shape index (κ1) is 20.3. The molecule has 4 rings (SSSR count). The number of hydrogen-bond acceptors (Lipinski definition) is 6. The van der Waals surface area contributed by atoms with E-state index in [9.17, 15) is 0 Å². The van der Waals surface area contributed by atoms with Crippen LogP contribution in [0.4, 0.5) is 29.2 Å². The SMILES string of the molecule is CC(C)Nc1nc(Nc2ccccc2)nc(Nc2ccc(Cc3ccccc3)cc2)n1. The Bertz CT molecular complexity index is 1100. The third-order valence-electron chi connectivity index (χ3n) is 4.54. The molecule has 0 aliphatic carbocycles. The Hall–Kier alpha value is -3.93. The summed E-state index contributed by atoms with van der Waals surface area (Å²) >= 11 is 0. The summed E-state index contributed by atoms with van der Waals surface area (Å²) in [4.78, 5) is 13.5. The lowest BCUT2D eigenvalue weighted by Gasteiger charge is -2.13. The van der Waals surface area contributed by atoms with Gasteiger partial charge in [0.25, 0.3) is 0 Å². The Morgan fingerprint density at radius 2 is 1.06 bits per heavy atom. The molecule has 31 heavy (non-hydrogen) atoms. The van der Waals surface area contributed by atoms with Crippen molar-refractivity contribution in [2.45, 2.75) is 26.3 Å². The summed E-state index contributed by atoms with van der Waals surface area (Å²) in [6.45, 7) is 4.10. The Kier molecular flexibility index (Phi) is 6.38. The van der Waals surface area contributed by atoms with Gasteiger partial charge in [0.15, 0.2) is 0 Å². The fourth-order valence-electron chi connectivity index (χ4n) is 3.13. The molecule has 1 heterocycles. The van der Waals surface area contributed by atoms with E-state index in [0.717, 1.165) is 17.8 Å². The number of nitrogens with one attached hydrogen (secondary N) is 3. The lowest BCUT2D eigenvalue weighted by atomic mass is 10.1. The second kappa shape index (κ2) is 9.71. The molecule has 1 aromatic heterocycles. The first-order chi connectivity index (χ1) is 15.1. The molecule has 0 aliphatic rings. The topological polar surface area (TPSA) is 74.8 Å². The van der Waals surface area contributed by atoms with Crippen molar-refractivity contribution >= 4 is 29.2 Å². The third kappa shape index (κ3) is 6.02. The third-order valence-corrected chi connectivity index (χ3v) is 4.54. The van der Waals surface area contributed by atoms with E-state index in [0.29, 0.717) is 17.8 Å². The largest absolute Gasteiger partial charge is 0.352 e. The highest BCUT2D eigenvalue weighted by Gasteiger charge is 2.09. The molecule has 156 valence electrons. The van der Waals surface area contributed by atoms with Gasteiger partial charge in [-0.15, -0.1) is 0 Å². The summed E-state index contributed by atoms with van der Waals surface area (Å²) in [5.74, 6) is 1.48. The van der Waals surface area contributed by atoms with Crippen molar-refractivity contribution in [1.29, 1.82) is 0 Å². The fourth-order valence-corrected chi connectivity index (χ4v) is 3.13. The molecular weight excluding hydrogens is 384 g/mol. The van der Waals surface area contributed by atoms with E-state index in [1.54, 1.807) is 0 Å². The highest BCUT2D eigenvalue weighted by molar-refractivity contribution is 5.59. The highest BCUT2D eigenvalue weighted by Crippen LogP contribution is 2.20. The highest BCUT2D eigenvalue weighted by atomic mass is 15.3. The van der Waals surface area contributed by atoms with E-state index >= 15 is 0 Å². The molecule has 0 radical (unpaired) electrons. The van der Waals surface area contributed by atoms with Crippen LogP contribution in [0.15, 0.2) is 84.9 Å². The van der Waals surface area contributed by atoms with Crippen LogP contribution in [0.5, 0.6) is 0 Å². The second-order valence-electron chi connectivity index (χ2n) is 7.58. The zero-order chi connectivity index (χ0) is 21.5. The quantitative estimate of drug-likeness (QED) is 0.342. The zero-order valence-electron chi connectivity index (χ0n) is 17.7. The summed E-state index contributed by atoms with van der Waals surface area (Å²) in [6.07, 6.45) is 0.903. The lowest BCUT2D eigenvalue weighted by Crippen LogP contribution is -2.15. The minimum absolute atomic E-state index is 0.206. The van der Waals surface area contributed by atoms with Gasteiger partial charge in [0, 0.05) is 17.4 Å². The van der Waals surface area contributed by atoms with Crippen LogP contribution in [0.1, 0.15) is 25.0 Å². The Labute approximate surface area is 182 Å². The number of rotatable bonds is 8. The molecule has 3 aromatic carbocycles. The van der Waals surface area contributed by atoms with Gasteiger partial charge in [-0.3, -0.25) is 0 Å². The van der Waals surface area contributed by atoms with Crippen LogP contribution in [0, 0.1) is 0 Å². The predicted molar refractivity (Wildman–Crippen MR) is 127 cm³/mol. The van der Waals surface area contributed by atoms with Crippen LogP contribution in [-0.2, 0) is 6.42 Å². The van der Waals surface area contributed by atoms with Gasteiger partial charge in [-0.1, -0.05) is 60.7 Å². The molecule has 0 saturated heterocycles. The molecule has 0 aliphatic heterocycles. The number of aromatic nitrogens is 3. The molecule has 0 spiro atoms. The van der Waals surface area contributed by atoms with Crippen molar-refractivity contribution in [3.05, 3.63) is 96.1 Å². The molecule has 0 bridgehead atoms. The maximum Gasteiger partial charge on any atom is 0.233 e. The van der Waals surface area contributed by atoms with Crippen molar-refractivity contribution < 1.29 is 0 Å². The van der Waals surface area contributed by atoms with E-state index in [2.05, 4.69) is 67.3 Å². The van der Waals surface area contributed by atoms with Crippen LogP contribution < -0.4 is 16.0 Å². The van der Waals surface area contributed by atoms with E-state index in [1.807, 2.05) is 62.4 Å². The monoisotopic (exact) mass is 410 g/mol. The zero-order valence-corrected chi connectivity index (χ0v) is 17.7. The van der Waals surface area contributed by atoms with Gasteiger partial charge in [-0.05, 0) is 55.7 Å². The number of nitrogens with zero attached hydrogens (tertiary/aromatic N) is 3. The Morgan fingerprint density at radius 1 is 0.581 bits per heavy atom. The molecule has 6 nitrogen and oxygen atoms in total. The normalized spacial score (nSPS) is 10.7. The van der Waals surface area contributed by atoms with Gasteiger partial charge in [0.1, 0.15) is 0 Å². The smallest absolute Gasteiger partial charge is 0.233 e. The van der Waals surface area contributed by atoms with E-state index < -0.39 is 0 Å². The van der Waals surface area contributed by atoms with Crippen molar-refractivity contribution in [2.24, 2.45) is 0 Å².